The van der Waals surface area contributed by atoms with E-state index < -0.39 is 0 Å². The smallest absolute Gasteiger partial charge is 0.147 e. The molecule has 21 heavy (non-hydrogen) atoms. The van der Waals surface area contributed by atoms with Crippen molar-refractivity contribution in [1.82, 2.24) is 0 Å². The van der Waals surface area contributed by atoms with Crippen LogP contribution in [0.3, 0.4) is 0 Å². The molecule has 0 fully saturated rings. The van der Waals surface area contributed by atoms with Crippen LogP contribution in [0.5, 0.6) is 0 Å². The second kappa shape index (κ2) is 6.67. The van der Waals surface area contributed by atoms with Gasteiger partial charge in [-0.3, -0.25) is 0 Å². The van der Waals surface area contributed by atoms with Gasteiger partial charge in [0.1, 0.15) is 5.16 Å². The summed E-state index contributed by atoms with van der Waals surface area (Å²) in [7, 11) is 2.05. The predicted molar refractivity (Wildman–Crippen MR) is 92.2 cm³/mol. The molecule has 0 heterocycles. The van der Waals surface area contributed by atoms with Crippen LogP contribution in [0.15, 0.2) is 91.0 Å². The van der Waals surface area contributed by atoms with Crippen LogP contribution in [-0.4, -0.2) is 5.48 Å². The zero-order valence-electron chi connectivity index (χ0n) is 11.8. The molecule has 0 spiro atoms. The number of hydrogen-bond acceptors (Lipinski definition) is 1. The topological polar surface area (TPSA) is 30.0 Å². The second-order valence-corrected chi connectivity index (χ2v) is 6.06. The highest BCUT2D eigenvalue weighted by Gasteiger charge is 2.35. The van der Waals surface area contributed by atoms with Gasteiger partial charge in [-0.15, -0.1) is 0 Å². The Morgan fingerprint density at radius 3 is 0.952 bits per heavy atom. The number of benzene rings is 3. The van der Waals surface area contributed by atoms with E-state index >= 15 is 0 Å². The fourth-order valence-electron chi connectivity index (χ4n) is 2.67. The van der Waals surface area contributed by atoms with Crippen molar-refractivity contribution in [3.05, 3.63) is 108 Å². The van der Waals surface area contributed by atoms with Gasteiger partial charge in [-0.25, -0.2) is 0 Å². The van der Waals surface area contributed by atoms with Crippen molar-refractivity contribution in [3.8, 4) is 0 Å². The maximum absolute atomic E-state index is 2.22. The van der Waals surface area contributed by atoms with Gasteiger partial charge in [-0.05, 0) is 9.24 Å². The first-order valence-corrected chi connectivity index (χ1v) is 7.54. The molecule has 0 aliphatic heterocycles. The molecule has 0 bridgehead atoms. The van der Waals surface area contributed by atoms with Crippen molar-refractivity contribution in [2.45, 2.75) is 5.16 Å². The molecule has 0 aromatic heterocycles. The summed E-state index contributed by atoms with van der Waals surface area (Å²) >= 11 is 0. The van der Waals surface area contributed by atoms with Crippen LogP contribution in [0, 0.1) is 0 Å². The number of hydrogen-bond donors (Lipinski definition) is 0. The van der Waals surface area contributed by atoms with E-state index in [9.17, 15) is 0 Å². The van der Waals surface area contributed by atoms with Crippen molar-refractivity contribution in [3.63, 3.8) is 0 Å². The summed E-state index contributed by atoms with van der Waals surface area (Å²) in [6.07, 6.45) is 0. The largest absolute Gasteiger partial charge is 0.870 e. The first-order valence-electron chi connectivity index (χ1n) is 6.84. The lowest BCUT2D eigenvalue weighted by Crippen LogP contribution is -2.21. The van der Waals surface area contributed by atoms with Gasteiger partial charge in [0.25, 0.3) is 0 Å². The summed E-state index contributed by atoms with van der Waals surface area (Å²) in [6.45, 7) is 0. The van der Waals surface area contributed by atoms with E-state index in [1.165, 1.54) is 16.7 Å². The van der Waals surface area contributed by atoms with Gasteiger partial charge < -0.3 is 5.48 Å². The van der Waals surface area contributed by atoms with Crippen molar-refractivity contribution >= 4 is 9.24 Å². The van der Waals surface area contributed by atoms with Crippen molar-refractivity contribution in [2.24, 2.45) is 0 Å². The van der Waals surface area contributed by atoms with Gasteiger partial charge in [-0.2, -0.15) is 0 Å². The van der Waals surface area contributed by atoms with E-state index in [-0.39, 0.29) is 10.6 Å². The maximum atomic E-state index is 2.22. The minimum Gasteiger partial charge on any atom is -0.870 e. The van der Waals surface area contributed by atoms with Crippen molar-refractivity contribution < 1.29 is 5.48 Å². The molecule has 1 nitrogen and oxygen atoms in total. The normalized spacial score (nSPS) is 10.9. The Bertz CT molecular complexity index is 569. The quantitative estimate of drug-likeness (QED) is 0.520. The van der Waals surface area contributed by atoms with Crippen LogP contribution < -0.4 is 0 Å². The summed E-state index contributed by atoms with van der Waals surface area (Å²) in [4.78, 5) is 0. The van der Waals surface area contributed by atoms with Crippen LogP contribution in [0.1, 0.15) is 16.7 Å². The highest BCUT2D eigenvalue weighted by molar-refractivity contribution is 7.19. The summed E-state index contributed by atoms with van der Waals surface area (Å²) in [5.74, 6) is 0. The molecule has 0 aliphatic carbocycles. The monoisotopic (exact) mass is 294 g/mol. The zero-order valence-corrected chi connectivity index (χ0v) is 13.2. The van der Waals surface area contributed by atoms with Gasteiger partial charge in [0.2, 0.25) is 0 Å². The van der Waals surface area contributed by atoms with Crippen LogP contribution in [0.2, 0.25) is 0 Å². The van der Waals surface area contributed by atoms with E-state index in [1.54, 1.807) is 0 Å². The molecule has 3 aromatic carbocycles. The lowest BCUT2D eigenvalue weighted by molar-refractivity contribution is 0.824. The lowest BCUT2D eigenvalue weighted by Gasteiger charge is -2.26. The Kier molecular flexibility index (Phi) is 4.90. The predicted octanol–water partition coefficient (Wildman–Crippen LogP) is 4.41. The zero-order chi connectivity index (χ0) is 13.8. The van der Waals surface area contributed by atoms with Gasteiger partial charge in [-0.1, -0.05) is 91.0 Å². The van der Waals surface area contributed by atoms with Gasteiger partial charge >= 0.3 is 0 Å². The molecular formula is C19H19OP. The van der Waals surface area contributed by atoms with Crippen LogP contribution >= 0.6 is 9.24 Å². The van der Waals surface area contributed by atoms with Crippen LogP contribution in [0.25, 0.3) is 0 Å². The molecule has 0 radical (unpaired) electrons. The van der Waals surface area contributed by atoms with Crippen LogP contribution in [-0.2, 0) is 5.16 Å². The standard InChI is InChI=1S/C19H17P.H2O/c20-19(16-10-4-1-5-11-16,17-12-6-2-7-13-17)18-14-8-3-9-15-18;/h1-15H,20H2;1H2. The third kappa shape index (κ3) is 2.90. The van der Waals surface area contributed by atoms with E-state index in [4.69, 9.17) is 0 Å². The Hall–Kier alpha value is -1.95. The molecule has 0 saturated heterocycles. The Morgan fingerprint density at radius 1 is 0.476 bits per heavy atom. The fraction of sp³-hybridized carbons (Fsp3) is 0.0526. The van der Waals surface area contributed by atoms with E-state index in [2.05, 4.69) is 91.0 Å². The lowest BCUT2D eigenvalue weighted by atomic mass is 9.84. The molecule has 0 saturated carbocycles. The first-order chi connectivity index (χ1) is 9.82. The number of rotatable bonds is 3. The molecule has 3 aromatic rings. The Balaban J connectivity index is 0.00000161. The van der Waals surface area contributed by atoms with Gasteiger partial charge in [0.15, 0.2) is 0 Å². The molecule has 0 aliphatic rings. The Morgan fingerprint density at radius 2 is 0.714 bits per heavy atom. The molecule has 2 heteroatoms. The van der Waals surface area contributed by atoms with E-state index in [1.807, 2.05) is 9.24 Å². The average molecular weight is 294 g/mol. The Labute approximate surface area is 128 Å². The highest BCUT2D eigenvalue weighted by atomic mass is 31.0. The minimum atomic E-state index is -0.0935. The fourth-order valence-corrected chi connectivity index (χ4v) is 3.38. The minimum absolute atomic E-state index is 0. The summed E-state index contributed by atoms with van der Waals surface area (Å²) in [5, 5.41) is -0.0935. The first kappa shape index (κ1) is 15.4. The summed E-state index contributed by atoms with van der Waals surface area (Å²) in [6, 6.07) is 32.2. The molecule has 1 unspecified atom stereocenters. The van der Waals surface area contributed by atoms with E-state index in [0.29, 0.717) is 0 Å². The SMILES string of the molecule is [OH-].[PH3+]C(c1ccccc1)(c1ccccc1)c1ccccc1. The highest BCUT2D eigenvalue weighted by Crippen LogP contribution is 2.44. The molecule has 106 valence electrons. The van der Waals surface area contributed by atoms with Crippen molar-refractivity contribution in [2.75, 3.05) is 0 Å². The molecule has 3 rings (SSSR count). The van der Waals surface area contributed by atoms with Gasteiger partial charge in [0.05, 0.1) is 0 Å². The second-order valence-electron chi connectivity index (χ2n) is 5.00. The summed E-state index contributed by atoms with van der Waals surface area (Å²) < 4.78 is 0. The van der Waals surface area contributed by atoms with E-state index in [0.717, 1.165) is 0 Å². The molecule has 1 atom stereocenters. The summed E-state index contributed by atoms with van der Waals surface area (Å²) in [5.41, 5.74) is 3.99. The maximum Gasteiger partial charge on any atom is 0.147 e. The van der Waals surface area contributed by atoms with Gasteiger partial charge in [0, 0.05) is 16.7 Å². The van der Waals surface area contributed by atoms with Crippen LogP contribution in [0.4, 0.5) is 0 Å². The molecule has 0 amide bonds. The molecular weight excluding hydrogens is 275 g/mol. The molecule has 1 N–H and O–H groups in total. The third-order valence-electron chi connectivity index (χ3n) is 3.80. The third-order valence-corrected chi connectivity index (χ3v) is 5.02. The average Bonchev–Trinajstić information content (AvgIpc) is 2.56. The van der Waals surface area contributed by atoms with Crippen molar-refractivity contribution in [1.29, 1.82) is 0 Å².